The number of benzene rings is 2. The van der Waals surface area contributed by atoms with Gasteiger partial charge in [0.05, 0.1) is 16.6 Å². The SMILES string of the molecule is CC(C)(C)OC(=O)N1CCC(CN2CCN(c3ccc(OC(=O)N4C5CCC56C(Oc5ccc(C#N)c(Cl)c5)CC46)cc3)CC2)CC1. The van der Waals surface area contributed by atoms with E-state index in [1.54, 1.807) is 18.2 Å². The second kappa shape index (κ2) is 12.4. The van der Waals surface area contributed by atoms with E-state index in [1.165, 1.54) is 0 Å². The molecule has 3 aliphatic heterocycles. The molecule has 3 saturated heterocycles. The van der Waals surface area contributed by atoms with Crippen molar-refractivity contribution in [1.82, 2.24) is 14.7 Å². The Labute approximate surface area is 282 Å². The van der Waals surface area contributed by atoms with E-state index in [1.807, 2.05) is 54.8 Å². The van der Waals surface area contributed by atoms with E-state index in [0.717, 1.165) is 83.6 Å². The van der Waals surface area contributed by atoms with Gasteiger partial charge in [-0.25, -0.2) is 9.59 Å². The summed E-state index contributed by atoms with van der Waals surface area (Å²) in [5.41, 5.74) is 1.11. The predicted octanol–water partition coefficient (Wildman–Crippen LogP) is 6.16. The van der Waals surface area contributed by atoms with Crippen molar-refractivity contribution in [2.24, 2.45) is 11.3 Å². The Bertz CT molecular complexity index is 1530. The third-order valence-electron chi connectivity index (χ3n) is 10.9. The molecule has 4 unspecified atom stereocenters. The summed E-state index contributed by atoms with van der Waals surface area (Å²) in [4.78, 5) is 34.3. The van der Waals surface area contributed by atoms with Gasteiger partial charge >= 0.3 is 12.2 Å². The molecule has 4 atom stereocenters. The lowest BCUT2D eigenvalue weighted by Gasteiger charge is -2.77. The number of rotatable bonds is 6. The second-order valence-electron chi connectivity index (χ2n) is 14.7. The number of carbonyl (C=O) groups is 2. The maximum atomic E-state index is 13.2. The zero-order chi connectivity index (χ0) is 32.9. The minimum Gasteiger partial charge on any atom is -0.490 e. The summed E-state index contributed by atoms with van der Waals surface area (Å²) in [6.07, 6.45) is 4.34. The number of hydrogen-bond acceptors (Lipinski definition) is 8. The molecule has 5 fully saturated rings. The van der Waals surface area contributed by atoms with E-state index in [0.29, 0.717) is 28.0 Å². The Morgan fingerprint density at radius 2 is 1.64 bits per heavy atom. The van der Waals surface area contributed by atoms with Crippen molar-refractivity contribution in [2.75, 3.05) is 50.7 Å². The molecule has 0 radical (unpaired) electrons. The number of ether oxygens (including phenoxy) is 3. The zero-order valence-electron chi connectivity index (χ0n) is 27.5. The van der Waals surface area contributed by atoms with Crippen LogP contribution in [0.15, 0.2) is 42.5 Å². The van der Waals surface area contributed by atoms with Gasteiger partial charge in [-0.05, 0) is 88.8 Å². The van der Waals surface area contributed by atoms with Crippen LogP contribution in [0.2, 0.25) is 5.02 Å². The van der Waals surface area contributed by atoms with E-state index in [2.05, 4.69) is 15.9 Å². The largest absolute Gasteiger partial charge is 0.490 e. The van der Waals surface area contributed by atoms with Crippen LogP contribution in [-0.2, 0) is 4.74 Å². The number of hydrogen-bond donors (Lipinski definition) is 0. The summed E-state index contributed by atoms with van der Waals surface area (Å²) in [6.45, 7) is 12.2. The summed E-state index contributed by atoms with van der Waals surface area (Å²) in [7, 11) is 0. The molecule has 0 aromatic heterocycles. The molecule has 47 heavy (non-hydrogen) atoms. The van der Waals surface area contributed by atoms with Gasteiger partial charge < -0.3 is 28.9 Å². The van der Waals surface area contributed by atoms with Crippen LogP contribution >= 0.6 is 11.6 Å². The van der Waals surface area contributed by atoms with Crippen molar-refractivity contribution >= 4 is 29.5 Å². The Morgan fingerprint density at radius 3 is 2.23 bits per heavy atom. The number of amides is 2. The highest BCUT2D eigenvalue weighted by Gasteiger charge is 2.78. The average Bonchev–Trinajstić information content (AvgIpc) is 3.02. The quantitative estimate of drug-likeness (QED) is 0.363. The maximum absolute atomic E-state index is 13.2. The van der Waals surface area contributed by atoms with Crippen LogP contribution < -0.4 is 14.4 Å². The number of anilines is 1. The van der Waals surface area contributed by atoms with Crippen LogP contribution in [0.25, 0.3) is 0 Å². The maximum Gasteiger partial charge on any atom is 0.415 e. The van der Waals surface area contributed by atoms with Gasteiger partial charge in [0.1, 0.15) is 29.3 Å². The fraction of sp³-hybridized carbons (Fsp3) is 0.583. The van der Waals surface area contributed by atoms with Crippen molar-refractivity contribution in [2.45, 2.75) is 76.7 Å². The van der Waals surface area contributed by atoms with Crippen molar-refractivity contribution in [3.05, 3.63) is 53.1 Å². The van der Waals surface area contributed by atoms with E-state index in [4.69, 9.17) is 31.1 Å². The van der Waals surface area contributed by atoms with Crippen LogP contribution in [0.3, 0.4) is 0 Å². The lowest BCUT2D eigenvalue weighted by molar-refractivity contribution is -0.295. The summed E-state index contributed by atoms with van der Waals surface area (Å²) in [6, 6.07) is 15.4. The molecular formula is C36H44ClN5O5. The molecule has 0 N–H and O–H groups in total. The first kappa shape index (κ1) is 31.9. The van der Waals surface area contributed by atoms with Gasteiger partial charge in [-0.1, -0.05) is 11.6 Å². The highest BCUT2D eigenvalue weighted by Crippen LogP contribution is 2.68. The number of carbonyl (C=O) groups excluding carboxylic acids is 2. The fourth-order valence-corrected chi connectivity index (χ4v) is 8.48. The molecule has 11 heteroatoms. The smallest absolute Gasteiger partial charge is 0.415 e. The third-order valence-corrected chi connectivity index (χ3v) is 11.2. The molecule has 7 rings (SSSR count). The molecule has 2 saturated carbocycles. The first-order valence-corrected chi connectivity index (χ1v) is 17.3. The minimum atomic E-state index is -0.459. The summed E-state index contributed by atoms with van der Waals surface area (Å²) in [5.74, 6) is 1.83. The Morgan fingerprint density at radius 1 is 0.936 bits per heavy atom. The van der Waals surface area contributed by atoms with Gasteiger partial charge in [-0.2, -0.15) is 5.26 Å². The molecule has 1 spiro atoms. The van der Waals surface area contributed by atoms with Crippen molar-refractivity contribution in [3.63, 3.8) is 0 Å². The Balaban J connectivity index is 0.843. The van der Waals surface area contributed by atoms with Crippen LogP contribution in [0.1, 0.15) is 58.4 Å². The third kappa shape index (κ3) is 6.09. The van der Waals surface area contributed by atoms with Crippen molar-refractivity contribution in [3.8, 4) is 17.6 Å². The standard InChI is InChI=1S/C36H44ClN5O5/c1-35(2,3)47-33(43)41-14-11-24(12-15-41)23-39-16-18-40(19-17-39)26-5-8-27(9-6-26)46-34(44)42-30-10-13-36(30)31(42)21-32(36)45-28-7-4-25(22-38)29(37)20-28/h4-9,20,24,30-32H,10-19,21,23H2,1-3H3. The van der Waals surface area contributed by atoms with Crippen LogP contribution in [-0.4, -0.2) is 96.5 Å². The van der Waals surface area contributed by atoms with Gasteiger partial charge in [-0.3, -0.25) is 4.90 Å². The molecule has 3 heterocycles. The molecular weight excluding hydrogens is 618 g/mol. The Kier molecular flexibility index (Phi) is 8.42. The van der Waals surface area contributed by atoms with Crippen LogP contribution in [0, 0.1) is 22.7 Å². The first-order valence-electron chi connectivity index (χ1n) is 17.0. The molecule has 2 aliphatic carbocycles. The van der Waals surface area contributed by atoms with Gasteiger partial charge in [0.2, 0.25) is 0 Å². The number of piperazine rings is 1. The highest BCUT2D eigenvalue weighted by molar-refractivity contribution is 6.31. The molecule has 2 amide bonds. The molecule has 2 aromatic carbocycles. The fourth-order valence-electron chi connectivity index (χ4n) is 8.27. The molecule has 0 bridgehead atoms. The molecule has 5 aliphatic rings. The average molecular weight is 662 g/mol. The summed E-state index contributed by atoms with van der Waals surface area (Å²) in [5, 5.41) is 9.52. The predicted molar refractivity (Wildman–Crippen MR) is 178 cm³/mol. The lowest BCUT2D eigenvalue weighted by atomic mass is 9.41. The second-order valence-corrected chi connectivity index (χ2v) is 15.2. The van der Waals surface area contributed by atoms with E-state index < -0.39 is 5.60 Å². The van der Waals surface area contributed by atoms with Gasteiger partial charge in [0.25, 0.3) is 0 Å². The van der Waals surface area contributed by atoms with Crippen molar-refractivity contribution in [1.29, 1.82) is 5.26 Å². The highest BCUT2D eigenvalue weighted by atomic mass is 35.5. The van der Waals surface area contributed by atoms with Gasteiger partial charge in [-0.15, -0.1) is 0 Å². The summed E-state index contributed by atoms with van der Waals surface area (Å²) >= 11 is 6.20. The summed E-state index contributed by atoms with van der Waals surface area (Å²) < 4.78 is 17.7. The molecule has 10 nitrogen and oxygen atoms in total. The van der Waals surface area contributed by atoms with E-state index in [-0.39, 0.29) is 35.8 Å². The normalized spacial score (nSPS) is 27.3. The topological polar surface area (TPSA) is 98.6 Å². The first-order chi connectivity index (χ1) is 22.5. The van der Waals surface area contributed by atoms with E-state index in [9.17, 15) is 9.59 Å². The van der Waals surface area contributed by atoms with Crippen LogP contribution in [0.4, 0.5) is 15.3 Å². The minimum absolute atomic E-state index is 0.00280. The van der Waals surface area contributed by atoms with Crippen LogP contribution in [0.5, 0.6) is 11.5 Å². The van der Waals surface area contributed by atoms with Gasteiger partial charge in [0, 0.05) is 75.4 Å². The monoisotopic (exact) mass is 661 g/mol. The number of piperidine rings is 3. The van der Waals surface area contributed by atoms with E-state index >= 15 is 0 Å². The number of likely N-dealkylation sites (tertiary alicyclic amines) is 2. The molecule has 250 valence electrons. The number of halogens is 1. The molecule has 2 aromatic rings. The zero-order valence-corrected chi connectivity index (χ0v) is 28.2. The Hall–Kier alpha value is -3.68. The number of nitriles is 1. The van der Waals surface area contributed by atoms with Gasteiger partial charge in [0.15, 0.2) is 0 Å². The lowest BCUT2D eigenvalue weighted by Crippen LogP contribution is -2.88. The number of nitrogens with zero attached hydrogens (tertiary/aromatic N) is 5. The van der Waals surface area contributed by atoms with Crippen molar-refractivity contribution < 1.29 is 23.8 Å².